The van der Waals surface area contributed by atoms with Crippen LogP contribution in [-0.4, -0.2) is 37.1 Å². The topological polar surface area (TPSA) is 80.7 Å². The van der Waals surface area contributed by atoms with E-state index in [-0.39, 0.29) is 17.6 Å². The fraction of sp³-hybridized carbons (Fsp3) is 0.533. The molecule has 0 aromatic heterocycles. The summed E-state index contributed by atoms with van der Waals surface area (Å²) in [4.78, 5) is 11.7. The van der Waals surface area contributed by atoms with Gasteiger partial charge >= 0.3 is 5.97 Å². The first-order valence-electron chi connectivity index (χ1n) is 7.23. The second kappa shape index (κ2) is 5.53. The first kappa shape index (κ1) is 15.8. The summed E-state index contributed by atoms with van der Waals surface area (Å²) in [6, 6.07) is 5.31. The minimum atomic E-state index is -2.92. The largest absolute Gasteiger partial charge is 0.487 e. The first-order chi connectivity index (χ1) is 10.3. The SMILES string of the molecule is O=C(O)C1(c2ccc(OC3CS(=O)(=O)C3)c(Br)c2)CCCC1. The van der Waals surface area contributed by atoms with Crippen LogP contribution in [0.25, 0.3) is 0 Å². The molecule has 1 aromatic carbocycles. The van der Waals surface area contributed by atoms with Gasteiger partial charge in [-0.2, -0.15) is 0 Å². The number of benzene rings is 1. The van der Waals surface area contributed by atoms with Gasteiger partial charge in [-0.05, 0) is 46.5 Å². The molecule has 1 heterocycles. The van der Waals surface area contributed by atoms with Gasteiger partial charge in [-0.3, -0.25) is 4.79 Å². The molecular formula is C15H17BrO5S. The van der Waals surface area contributed by atoms with Crippen LogP contribution in [0.5, 0.6) is 5.75 Å². The predicted octanol–water partition coefficient (Wildman–Crippen LogP) is 2.52. The van der Waals surface area contributed by atoms with Crippen molar-refractivity contribution >= 4 is 31.7 Å². The lowest BCUT2D eigenvalue weighted by atomic mass is 9.79. The van der Waals surface area contributed by atoms with E-state index in [0.717, 1.165) is 18.4 Å². The van der Waals surface area contributed by atoms with Gasteiger partial charge in [-0.1, -0.05) is 18.9 Å². The molecule has 5 nitrogen and oxygen atoms in total. The van der Waals surface area contributed by atoms with Crippen LogP contribution in [0, 0.1) is 0 Å². The van der Waals surface area contributed by atoms with Gasteiger partial charge in [0, 0.05) is 0 Å². The molecule has 3 rings (SSSR count). The number of carboxylic acids is 1. The maximum Gasteiger partial charge on any atom is 0.314 e. The molecule has 1 saturated carbocycles. The third kappa shape index (κ3) is 2.76. The summed E-state index contributed by atoms with van der Waals surface area (Å²) in [5.74, 6) is -0.140. The van der Waals surface area contributed by atoms with Crippen LogP contribution in [-0.2, 0) is 20.0 Å². The standard InChI is InChI=1S/C15H17BrO5S/c16-12-7-10(15(14(17)18)5-1-2-6-15)3-4-13(12)21-11-8-22(19,20)9-11/h3-4,7,11H,1-2,5-6,8-9H2,(H,17,18). The Hall–Kier alpha value is -1.08. The molecule has 2 aliphatic rings. The second-order valence-electron chi connectivity index (χ2n) is 6.06. The molecule has 0 atom stereocenters. The van der Waals surface area contributed by atoms with Crippen LogP contribution in [0.1, 0.15) is 31.2 Å². The van der Waals surface area contributed by atoms with Crippen molar-refractivity contribution in [2.24, 2.45) is 0 Å². The molecule has 120 valence electrons. The van der Waals surface area contributed by atoms with Gasteiger partial charge < -0.3 is 9.84 Å². The molecule has 0 amide bonds. The Bertz CT molecular complexity index is 695. The Morgan fingerprint density at radius 2 is 1.91 bits per heavy atom. The molecule has 2 fully saturated rings. The van der Waals surface area contributed by atoms with Crippen LogP contribution < -0.4 is 4.74 Å². The number of rotatable bonds is 4. The van der Waals surface area contributed by atoms with E-state index in [9.17, 15) is 18.3 Å². The molecule has 0 radical (unpaired) electrons. The molecule has 1 aliphatic carbocycles. The minimum Gasteiger partial charge on any atom is -0.487 e. The van der Waals surface area contributed by atoms with Gasteiger partial charge in [-0.25, -0.2) is 8.42 Å². The van der Waals surface area contributed by atoms with Crippen molar-refractivity contribution in [1.82, 2.24) is 0 Å². The van der Waals surface area contributed by atoms with E-state index in [2.05, 4.69) is 15.9 Å². The highest BCUT2D eigenvalue weighted by molar-refractivity contribution is 9.10. The number of hydrogen-bond acceptors (Lipinski definition) is 4. The normalized spacial score (nSPS) is 23.0. The second-order valence-corrected chi connectivity index (χ2v) is 9.06. The highest BCUT2D eigenvalue weighted by Gasteiger charge is 2.43. The molecule has 22 heavy (non-hydrogen) atoms. The Labute approximate surface area is 137 Å². The summed E-state index contributed by atoms with van der Waals surface area (Å²) in [5.41, 5.74) is -0.0288. The number of sulfone groups is 1. The maximum absolute atomic E-state index is 11.7. The zero-order valence-electron chi connectivity index (χ0n) is 11.9. The molecule has 0 spiro atoms. The number of halogens is 1. The van der Waals surface area contributed by atoms with Crippen LogP contribution in [0.3, 0.4) is 0 Å². The van der Waals surface area contributed by atoms with E-state index < -0.39 is 21.2 Å². The van der Waals surface area contributed by atoms with E-state index in [1.54, 1.807) is 18.2 Å². The van der Waals surface area contributed by atoms with Gasteiger partial charge in [0.25, 0.3) is 0 Å². The van der Waals surface area contributed by atoms with E-state index in [4.69, 9.17) is 4.74 Å². The number of hydrogen-bond donors (Lipinski definition) is 1. The zero-order valence-corrected chi connectivity index (χ0v) is 14.3. The summed E-state index contributed by atoms with van der Waals surface area (Å²) in [6.07, 6.45) is 2.82. The van der Waals surface area contributed by atoms with Crippen molar-refractivity contribution in [3.8, 4) is 5.75 Å². The number of ether oxygens (including phenoxy) is 1. The van der Waals surface area contributed by atoms with Gasteiger partial charge in [0.2, 0.25) is 0 Å². The van der Waals surface area contributed by atoms with Gasteiger partial charge in [0.05, 0.1) is 21.4 Å². The quantitative estimate of drug-likeness (QED) is 0.856. The molecular weight excluding hydrogens is 372 g/mol. The molecule has 1 N–H and O–H groups in total. The zero-order chi connectivity index (χ0) is 16.0. The Kier molecular flexibility index (Phi) is 3.97. The van der Waals surface area contributed by atoms with E-state index in [1.807, 2.05) is 0 Å². The Balaban J connectivity index is 1.81. The molecule has 1 aromatic rings. The lowest BCUT2D eigenvalue weighted by Gasteiger charge is -2.28. The predicted molar refractivity (Wildman–Crippen MR) is 85.0 cm³/mol. The number of carboxylic acid groups (broad SMARTS) is 1. The third-order valence-corrected chi connectivity index (χ3v) is 6.90. The summed E-state index contributed by atoms with van der Waals surface area (Å²) in [7, 11) is -2.92. The Morgan fingerprint density at radius 3 is 2.41 bits per heavy atom. The third-order valence-electron chi connectivity index (χ3n) is 4.52. The maximum atomic E-state index is 11.7. The number of carbonyl (C=O) groups is 1. The minimum absolute atomic E-state index is 0.0419. The van der Waals surface area contributed by atoms with E-state index in [0.29, 0.717) is 23.1 Å². The van der Waals surface area contributed by atoms with E-state index in [1.165, 1.54) is 0 Å². The van der Waals surface area contributed by atoms with Crippen LogP contribution in [0.4, 0.5) is 0 Å². The first-order valence-corrected chi connectivity index (χ1v) is 9.84. The van der Waals surface area contributed by atoms with Crippen molar-refractivity contribution < 1.29 is 23.1 Å². The number of aliphatic carboxylic acids is 1. The summed E-state index contributed by atoms with van der Waals surface area (Å²) in [5, 5.41) is 9.61. The van der Waals surface area contributed by atoms with Crippen molar-refractivity contribution in [3.63, 3.8) is 0 Å². The van der Waals surface area contributed by atoms with Crippen molar-refractivity contribution in [1.29, 1.82) is 0 Å². The summed E-state index contributed by atoms with van der Waals surface area (Å²) >= 11 is 3.41. The average Bonchev–Trinajstić information content (AvgIpc) is 2.89. The molecule has 0 unspecified atom stereocenters. The lowest BCUT2D eigenvalue weighted by molar-refractivity contribution is -0.143. The highest BCUT2D eigenvalue weighted by Crippen LogP contribution is 2.43. The average molecular weight is 389 g/mol. The van der Waals surface area contributed by atoms with Gasteiger partial charge in [0.1, 0.15) is 11.9 Å². The monoisotopic (exact) mass is 388 g/mol. The fourth-order valence-electron chi connectivity index (χ4n) is 3.26. The van der Waals surface area contributed by atoms with E-state index >= 15 is 0 Å². The molecule has 1 saturated heterocycles. The van der Waals surface area contributed by atoms with Crippen LogP contribution in [0.2, 0.25) is 0 Å². The summed E-state index contributed by atoms with van der Waals surface area (Å²) < 4.78 is 28.6. The van der Waals surface area contributed by atoms with Crippen molar-refractivity contribution in [3.05, 3.63) is 28.2 Å². The smallest absolute Gasteiger partial charge is 0.314 e. The Morgan fingerprint density at radius 1 is 1.27 bits per heavy atom. The fourth-order valence-corrected chi connectivity index (χ4v) is 4.91. The highest BCUT2D eigenvalue weighted by atomic mass is 79.9. The van der Waals surface area contributed by atoms with Crippen LogP contribution in [0.15, 0.2) is 22.7 Å². The van der Waals surface area contributed by atoms with Crippen LogP contribution >= 0.6 is 15.9 Å². The van der Waals surface area contributed by atoms with Crippen molar-refractivity contribution in [2.45, 2.75) is 37.2 Å². The summed E-state index contributed by atoms with van der Waals surface area (Å²) in [6.45, 7) is 0. The van der Waals surface area contributed by atoms with Gasteiger partial charge in [0.15, 0.2) is 9.84 Å². The van der Waals surface area contributed by atoms with Gasteiger partial charge in [-0.15, -0.1) is 0 Å². The van der Waals surface area contributed by atoms with Crippen molar-refractivity contribution in [2.75, 3.05) is 11.5 Å². The molecule has 0 bridgehead atoms. The molecule has 7 heteroatoms. The lowest BCUT2D eigenvalue weighted by Crippen LogP contribution is -2.45. The molecule has 1 aliphatic heterocycles.